The lowest BCUT2D eigenvalue weighted by atomic mass is 10.1. The highest BCUT2D eigenvalue weighted by Gasteiger charge is 2.12. The zero-order chi connectivity index (χ0) is 15.9. The van der Waals surface area contributed by atoms with Gasteiger partial charge in [0, 0.05) is 0 Å². The van der Waals surface area contributed by atoms with Crippen molar-refractivity contribution in [2.75, 3.05) is 6.79 Å². The Morgan fingerprint density at radius 1 is 0.826 bits per heavy atom. The summed E-state index contributed by atoms with van der Waals surface area (Å²) in [5, 5.41) is 1.84. The van der Waals surface area contributed by atoms with Crippen molar-refractivity contribution in [2.24, 2.45) is 0 Å². The molecule has 23 heavy (non-hydrogen) atoms. The monoisotopic (exact) mass is 326 g/mol. The van der Waals surface area contributed by atoms with Crippen LogP contribution in [-0.4, -0.2) is 15.2 Å². The van der Waals surface area contributed by atoms with Gasteiger partial charge in [0.05, 0.1) is 4.90 Å². The van der Waals surface area contributed by atoms with E-state index in [1.807, 2.05) is 24.3 Å². The van der Waals surface area contributed by atoms with E-state index in [1.165, 1.54) is 0 Å². The molecule has 1 heterocycles. The Labute approximate surface area is 133 Å². The number of nitrogens with zero attached hydrogens (tertiary/aromatic N) is 1. The van der Waals surface area contributed by atoms with Crippen molar-refractivity contribution in [3.8, 4) is 11.5 Å². The van der Waals surface area contributed by atoms with Gasteiger partial charge in [-0.25, -0.2) is 8.42 Å². The summed E-state index contributed by atoms with van der Waals surface area (Å²) in [5.41, 5.74) is 0.308. The number of sulfonamides is 1. The van der Waals surface area contributed by atoms with Gasteiger partial charge in [0.1, 0.15) is 10.0 Å². The minimum atomic E-state index is -3.79. The molecule has 0 amide bonds. The number of hydrogen-bond donors (Lipinski definition) is 0. The Hall–Kier alpha value is -2.73. The van der Waals surface area contributed by atoms with Gasteiger partial charge in [-0.05, 0) is 35.0 Å². The van der Waals surface area contributed by atoms with E-state index >= 15 is 0 Å². The minimum absolute atomic E-state index is 0.135. The fourth-order valence-electron chi connectivity index (χ4n) is 2.46. The number of fused-ring (bicyclic) bond motifs is 2. The van der Waals surface area contributed by atoms with Crippen LogP contribution in [0.25, 0.3) is 15.5 Å². The lowest BCUT2D eigenvalue weighted by Crippen LogP contribution is -1.97. The molecule has 0 fully saturated rings. The molecule has 0 spiro atoms. The Morgan fingerprint density at radius 3 is 2.48 bits per heavy atom. The summed E-state index contributed by atoms with van der Waals surface area (Å²) in [6, 6.07) is 17.3. The molecule has 116 valence electrons. The third-order valence-electron chi connectivity index (χ3n) is 3.60. The molecule has 0 atom stereocenters. The van der Waals surface area contributed by atoms with Crippen LogP contribution >= 0.6 is 0 Å². The molecule has 1 aliphatic rings. The van der Waals surface area contributed by atoms with Crippen LogP contribution in [0.15, 0.2) is 65.6 Å². The lowest BCUT2D eigenvalue weighted by Gasteiger charge is -2.22. The van der Waals surface area contributed by atoms with Crippen molar-refractivity contribution in [2.45, 2.75) is 4.90 Å². The van der Waals surface area contributed by atoms with Gasteiger partial charge < -0.3 is 14.2 Å². The number of rotatable bonds is 3. The first-order valence-electron chi connectivity index (χ1n) is 6.98. The third-order valence-corrected chi connectivity index (χ3v) is 4.90. The van der Waals surface area contributed by atoms with Crippen molar-refractivity contribution in [3.63, 3.8) is 0 Å². The largest absolute Gasteiger partial charge is 0.573 e. The van der Waals surface area contributed by atoms with Gasteiger partial charge in [-0.15, -0.1) is 5.69 Å². The molecule has 0 aliphatic carbocycles. The summed E-state index contributed by atoms with van der Waals surface area (Å²) in [4.78, 5) is 0.161. The van der Waals surface area contributed by atoms with Crippen LogP contribution in [0.4, 0.5) is 5.69 Å². The van der Waals surface area contributed by atoms with Crippen LogP contribution in [-0.2, 0) is 10.0 Å². The van der Waals surface area contributed by atoms with E-state index < -0.39 is 10.0 Å². The van der Waals surface area contributed by atoms with E-state index in [9.17, 15) is 8.42 Å². The van der Waals surface area contributed by atoms with Crippen LogP contribution in [0.5, 0.6) is 11.5 Å². The summed E-state index contributed by atoms with van der Waals surface area (Å²) in [7, 11) is -3.79. The molecule has 0 N–H and O–H groups in total. The summed E-state index contributed by atoms with van der Waals surface area (Å²) in [6.45, 7) is 0.135. The number of benzene rings is 3. The highest BCUT2D eigenvalue weighted by molar-refractivity contribution is 7.94. The maximum Gasteiger partial charge on any atom is 0.231 e. The molecular weight excluding hydrogens is 314 g/mol. The molecule has 5 nitrogen and oxygen atoms in total. The maximum absolute atomic E-state index is 12.5. The zero-order valence-corrected chi connectivity index (χ0v) is 12.8. The van der Waals surface area contributed by atoms with Gasteiger partial charge in [-0.2, -0.15) is 0 Å². The average Bonchev–Trinajstić information content (AvgIpc) is 3.01. The highest BCUT2D eigenvalue weighted by atomic mass is 32.2. The van der Waals surface area contributed by atoms with Crippen molar-refractivity contribution in [3.05, 3.63) is 65.4 Å². The molecule has 1 aliphatic heterocycles. The Balaban J connectivity index is 1.68. The SMILES string of the molecule is O=S(=O)([N-]c1ccc2c(c1)OCO2)c1ccc2ccccc2c1. The second-order valence-electron chi connectivity index (χ2n) is 5.11. The van der Waals surface area contributed by atoms with Crippen molar-refractivity contribution >= 4 is 26.5 Å². The predicted octanol–water partition coefficient (Wildman–Crippen LogP) is 3.96. The predicted molar refractivity (Wildman–Crippen MR) is 86.7 cm³/mol. The van der Waals surface area contributed by atoms with Gasteiger partial charge in [0.15, 0.2) is 11.5 Å². The minimum Gasteiger partial charge on any atom is -0.573 e. The van der Waals surface area contributed by atoms with Crippen LogP contribution in [0, 0.1) is 0 Å². The Kier molecular flexibility index (Phi) is 3.12. The van der Waals surface area contributed by atoms with E-state index in [-0.39, 0.29) is 11.7 Å². The van der Waals surface area contributed by atoms with Gasteiger partial charge in [0.25, 0.3) is 0 Å². The zero-order valence-electron chi connectivity index (χ0n) is 12.0. The third kappa shape index (κ3) is 2.57. The molecule has 0 unspecified atom stereocenters. The summed E-state index contributed by atoms with van der Waals surface area (Å²) < 4.78 is 39.3. The van der Waals surface area contributed by atoms with Crippen LogP contribution in [0.2, 0.25) is 0 Å². The highest BCUT2D eigenvalue weighted by Crippen LogP contribution is 2.38. The lowest BCUT2D eigenvalue weighted by molar-refractivity contribution is 0.174. The fraction of sp³-hybridized carbons (Fsp3) is 0.0588. The van der Waals surface area contributed by atoms with Crippen LogP contribution in [0.3, 0.4) is 0 Å². The molecule has 3 aromatic carbocycles. The average molecular weight is 326 g/mol. The second kappa shape index (κ2) is 5.17. The van der Waals surface area contributed by atoms with E-state index in [0.29, 0.717) is 17.2 Å². The Morgan fingerprint density at radius 2 is 1.61 bits per heavy atom. The molecule has 0 bridgehead atoms. The van der Waals surface area contributed by atoms with Gasteiger partial charge in [0.2, 0.25) is 6.79 Å². The van der Waals surface area contributed by atoms with Gasteiger partial charge >= 0.3 is 0 Å². The van der Waals surface area contributed by atoms with Crippen LogP contribution in [0.1, 0.15) is 0 Å². The van der Waals surface area contributed by atoms with Gasteiger partial charge in [-0.3, -0.25) is 0 Å². The topological polar surface area (TPSA) is 66.7 Å². The van der Waals surface area contributed by atoms with Gasteiger partial charge in [-0.1, -0.05) is 36.4 Å². The molecular formula is C17H12NO4S-. The quantitative estimate of drug-likeness (QED) is 0.730. The van der Waals surface area contributed by atoms with E-state index in [4.69, 9.17) is 9.47 Å². The second-order valence-corrected chi connectivity index (χ2v) is 6.72. The van der Waals surface area contributed by atoms with Crippen molar-refractivity contribution in [1.82, 2.24) is 0 Å². The standard InChI is InChI=1S/C17H12NO4S/c19-23(20,15-7-5-12-3-1-2-4-13(12)9-15)18-14-6-8-16-17(10-14)22-11-21-16/h1-10H,11H2/q-1. The first kappa shape index (κ1) is 13.9. The van der Waals surface area contributed by atoms with Crippen LogP contribution < -0.4 is 9.47 Å². The smallest absolute Gasteiger partial charge is 0.231 e. The van der Waals surface area contributed by atoms with E-state index in [1.54, 1.807) is 36.4 Å². The molecule has 0 saturated carbocycles. The molecule has 6 heteroatoms. The first-order chi connectivity index (χ1) is 11.1. The molecule has 0 saturated heterocycles. The molecule has 4 rings (SSSR count). The van der Waals surface area contributed by atoms with E-state index in [0.717, 1.165) is 10.8 Å². The fourth-order valence-corrected chi connectivity index (χ4v) is 3.47. The molecule has 0 radical (unpaired) electrons. The Bertz CT molecular complexity index is 998. The summed E-state index contributed by atoms with van der Waals surface area (Å²) in [6.07, 6.45) is 0. The van der Waals surface area contributed by atoms with E-state index in [2.05, 4.69) is 4.72 Å². The first-order valence-corrected chi connectivity index (χ1v) is 8.42. The van der Waals surface area contributed by atoms with Crippen molar-refractivity contribution in [1.29, 1.82) is 0 Å². The normalized spacial score (nSPS) is 13.2. The maximum atomic E-state index is 12.5. The molecule has 0 aromatic heterocycles. The molecule has 3 aromatic rings. The number of hydrogen-bond acceptors (Lipinski definition) is 4. The van der Waals surface area contributed by atoms with Crippen molar-refractivity contribution < 1.29 is 17.9 Å². The summed E-state index contributed by atoms with van der Waals surface area (Å²) in [5.74, 6) is 1.09. The summed E-state index contributed by atoms with van der Waals surface area (Å²) >= 11 is 0. The number of ether oxygens (including phenoxy) is 2.